The normalized spacial score (nSPS) is 10.8. The summed E-state index contributed by atoms with van der Waals surface area (Å²) in [6, 6.07) is 3.87. The highest BCUT2D eigenvalue weighted by Crippen LogP contribution is 2.34. The Bertz CT molecular complexity index is 651. The van der Waals surface area contributed by atoms with Crippen molar-refractivity contribution in [3.63, 3.8) is 0 Å². The van der Waals surface area contributed by atoms with Crippen molar-refractivity contribution in [1.29, 1.82) is 0 Å². The van der Waals surface area contributed by atoms with E-state index in [2.05, 4.69) is 42.1 Å². The van der Waals surface area contributed by atoms with Crippen LogP contribution in [0.3, 0.4) is 0 Å². The fraction of sp³-hybridized carbons (Fsp3) is 0.182. The second-order valence-electron chi connectivity index (χ2n) is 3.94. The van der Waals surface area contributed by atoms with Crippen molar-refractivity contribution in [2.24, 2.45) is 0 Å². The quantitative estimate of drug-likeness (QED) is 0.737. The zero-order chi connectivity index (χ0) is 14.9. The maximum Gasteiger partial charge on any atom is 0.313 e. The van der Waals surface area contributed by atoms with Gasteiger partial charge in [-0.2, -0.15) is 0 Å². The van der Waals surface area contributed by atoms with Crippen molar-refractivity contribution in [1.82, 2.24) is 14.8 Å². The zero-order valence-corrected chi connectivity index (χ0v) is 14.3. The Kier molecular flexibility index (Phi) is 4.71. The number of anilines is 1. The number of carboxylic acid groups (broad SMARTS) is 1. The molecule has 0 amide bonds. The molecule has 0 atom stereocenters. The first-order valence-corrected chi connectivity index (χ1v) is 7.99. The number of benzene rings is 1. The van der Waals surface area contributed by atoms with Crippen LogP contribution >= 0.6 is 43.6 Å². The topological polar surface area (TPSA) is 94.0 Å². The number of aromatic nitrogens is 3. The molecule has 20 heavy (non-hydrogen) atoms. The van der Waals surface area contributed by atoms with Crippen LogP contribution in [0.4, 0.5) is 5.95 Å². The fourth-order valence-electron chi connectivity index (χ4n) is 1.62. The average molecular weight is 422 g/mol. The summed E-state index contributed by atoms with van der Waals surface area (Å²) in [5.41, 5.74) is 7.65. The van der Waals surface area contributed by atoms with Crippen LogP contribution in [0, 0.1) is 6.92 Å². The Morgan fingerprint density at radius 2 is 2.00 bits per heavy atom. The van der Waals surface area contributed by atoms with E-state index in [1.807, 2.05) is 19.1 Å². The molecule has 1 aromatic carbocycles. The number of rotatable bonds is 4. The van der Waals surface area contributed by atoms with Crippen molar-refractivity contribution in [2.75, 3.05) is 11.5 Å². The van der Waals surface area contributed by atoms with Crippen LogP contribution in [0.2, 0.25) is 0 Å². The first-order valence-electron chi connectivity index (χ1n) is 5.41. The number of hydrogen-bond acceptors (Lipinski definition) is 5. The summed E-state index contributed by atoms with van der Waals surface area (Å²) in [6.45, 7) is 1.97. The molecular formula is C11H10Br2N4O2S. The van der Waals surface area contributed by atoms with Gasteiger partial charge in [-0.25, -0.2) is 0 Å². The molecule has 2 aromatic rings. The zero-order valence-electron chi connectivity index (χ0n) is 10.3. The Labute approximate surface area is 136 Å². The van der Waals surface area contributed by atoms with Crippen LogP contribution in [0.5, 0.6) is 0 Å². The summed E-state index contributed by atoms with van der Waals surface area (Å²) < 4.78 is 3.24. The van der Waals surface area contributed by atoms with E-state index in [1.54, 1.807) is 4.57 Å². The number of nitrogen functional groups attached to an aromatic ring is 1. The molecule has 0 fully saturated rings. The second-order valence-corrected chi connectivity index (χ2v) is 6.59. The van der Waals surface area contributed by atoms with Gasteiger partial charge in [0, 0.05) is 8.95 Å². The number of nitrogens with two attached hydrogens (primary N) is 1. The highest BCUT2D eigenvalue weighted by Gasteiger charge is 2.18. The van der Waals surface area contributed by atoms with Gasteiger partial charge in [0.25, 0.3) is 0 Å². The molecule has 0 aliphatic heterocycles. The van der Waals surface area contributed by atoms with E-state index < -0.39 is 5.97 Å². The van der Waals surface area contributed by atoms with Gasteiger partial charge in [0.1, 0.15) is 0 Å². The Hall–Kier alpha value is -1.06. The summed E-state index contributed by atoms with van der Waals surface area (Å²) in [6.07, 6.45) is 0. The maximum atomic E-state index is 10.7. The van der Waals surface area contributed by atoms with Crippen molar-refractivity contribution < 1.29 is 9.90 Å². The lowest BCUT2D eigenvalue weighted by Crippen LogP contribution is -2.06. The maximum absolute atomic E-state index is 10.7. The van der Waals surface area contributed by atoms with Gasteiger partial charge >= 0.3 is 5.97 Å². The van der Waals surface area contributed by atoms with E-state index in [0.29, 0.717) is 5.16 Å². The molecule has 0 unspecified atom stereocenters. The van der Waals surface area contributed by atoms with Gasteiger partial charge in [0.15, 0.2) is 5.16 Å². The molecule has 3 N–H and O–H groups in total. The summed E-state index contributed by atoms with van der Waals surface area (Å²) >= 11 is 8.02. The number of nitrogens with zero attached hydrogens (tertiary/aromatic N) is 3. The van der Waals surface area contributed by atoms with Gasteiger partial charge in [0.05, 0.1) is 11.4 Å². The molecule has 0 radical (unpaired) electrons. The number of hydrogen-bond donors (Lipinski definition) is 2. The van der Waals surface area contributed by atoms with Gasteiger partial charge in [-0.3, -0.25) is 9.36 Å². The smallest absolute Gasteiger partial charge is 0.313 e. The molecule has 106 valence electrons. The van der Waals surface area contributed by atoms with E-state index >= 15 is 0 Å². The van der Waals surface area contributed by atoms with E-state index in [9.17, 15) is 4.79 Å². The molecule has 1 aromatic heterocycles. The van der Waals surface area contributed by atoms with Crippen molar-refractivity contribution in [3.8, 4) is 5.69 Å². The van der Waals surface area contributed by atoms with E-state index in [4.69, 9.17) is 10.8 Å². The Morgan fingerprint density at radius 1 is 1.40 bits per heavy atom. The van der Waals surface area contributed by atoms with Crippen LogP contribution in [0.1, 0.15) is 5.56 Å². The van der Waals surface area contributed by atoms with E-state index in [1.165, 1.54) is 0 Å². The lowest BCUT2D eigenvalue weighted by molar-refractivity contribution is -0.133. The van der Waals surface area contributed by atoms with Crippen molar-refractivity contribution in [2.45, 2.75) is 12.1 Å². The summed E-state index contributed by atoms with van der Waals surface area (Å²) in [5.74, 6) is -0.840. The minimum atomic E-state index is -0.926. The minimum Gasteiger partial charge on any atom is -0.481 e. The highest BCUT2D eigenvalue weighted by molar-refractivity contribution is 9.11. The molecule has 0 saturated heterocycles. The monoisotopic (exact) mass is 420 g/mol. The van der Waals surface area contributed by atoms with Crippen molar-refractivity contribution >= 4 is 55.5 Å². The first kappa shape index (κ1) is 15.3. The third kappa shape index (κ3) is 3.15. The molecule has 0 aliphatic rings. The Balaban J connectivity index is 2.52. The Morgan fingerprint density at radius 3 is 2.55 bits per heavy atom. The minimum absolute atomic E-state index is 0.112. The van der Waals surface area contributed by atoms with Crippen LogP contribution in [0.25, 0.3) is 5.69 Å². The van der Waals surface area contributed by atoms with Crippen molar-refractivity contribution in [3.05, 3.63) is 26.6 Å². The van der Waals surface area contributed by atoms with Gasteiger partial charge < -0.3 is 10.8 Å². The molecule has 0 bridgehead atoms. The molecular weight excluding hydrogens is 412 g/mol. The molecule has 2 rings (SSSR count). The summed E-state index contributed by atoms with van der Waals surface area (Å²) in [7, 11) is 0. The number of halogens is 2. The third-order valence-electron chi connectivity index (χ3n) is 2.37. The number of aryl methyl sites for hydroxylation is 1. The van der Waals surface area contributed by atoms with Gasteiger partial charge in [-0.1, -0.05) is 11.8 Å². The van der Waals surface area contributed by atoms with E-state index in [0.717, 1.165) is 32.0 Å². The predicted molar refractivity (Wildman–Crippen MR) is 84.3 cm³/mol. The van der Waals surface area contributed by atoms with Gasteiger partial charge in [-0.05, 0) is 56.5 Å². The lowest BCUT2D eigenvalue weighted by atomic mass is 10.2. The van der Waals surface area contributed by atoms with Crippen LogP contribution in [-0.2, 0) is 4.79 Å². The first-order chi connectivity index (χ1) is 9.40. The molecule has 6 nitrogen and oxygen atoms in total. The predicted octanol–water partition coefficient (Wildman–Crippen LogP) is 2.86. The molecule has 1 heterocycles. The average Bonchev–Trinajstić information content (AvgIpc) is 2.67. The number of aliphatic carboxylic acids is 1. The molecule has 0 saturated carbocycles. The number of carboxylic acids is 1. The van der Waals surface area contributed by atoms with Crippen LogP contribution < -0.4 is 5.73 Å². The molecule has 0 aliphatic carbocycles. The second kappa shape index (κ2) is 6.15. The highest BCUT2D eigenvalue weighted by atomic mass is 79.9. The summed E-state index contributed by atoms with van der Waals surface area (Å²) in [5, 5.41) is 16.9. The lowest BCUT2D eigenvalue weighted by Gasteiger charge is -2.12. The van der Waals surface area contributed by atoms with E-state index in [-0.39, 0.29) is 11.7 Å². The largest absolute Gasteiger partial charge is 0.481 e. The van der Waals surface area contributed by atoms with Crippen LogP contribution in [-0.4, -0.2) is 31.6 Å². The fourth-order valence-corrected chi connectivity index (χ4v) is 4.05. The molecule has 0 spiro atoms. The third-order valence-corrected chi connectivity index (χ3v) is 4.49. The standard InChI is InChI=1S/C11H10Br2N4O2S/c1-5-2-6(12)9(7(13)3-5)17-10(14)15-16-11(17)20-4-8(18)19/h2-3H,4H2,1H3,(H2,14,15)(H,18,19). The van der Waals surface area contributed by atoms with Gasteiger partial charge in [0.2, 0.25) is 5.95 Å². The van der Waals surface area contributed by atoms with Gasteiger partial charge in [-0.15, -0.1) is 10.2 Å². The summed E-state index contributed by atoms with van der Waals surface area (Å²) in [4.78, 5) is 10.7. The molecule has 9 heteroatoms. The number of carbonyl (C=O) groups is 1. The van der Waals surface area contributed by atoms with Crippen LogP contribution in [0.15, 0.2) is 26.2 Å². The SMILES string of the molecule is Cc1cc(Br)c(-n2c(N)nnc2SCC(=O)O)c(Br)c1. The number of thioether (sulfide) groups is 1.